The van der Waals surface area contributed by atoms with Crippen LogP contribution >= 0.6 is 0 Å². The highest BCUT2D eigenvalue weighted by Gasteiger charge is 2.41. The highest BCUT2D eigenvalue weighted by molar-refractivity contribution is 6.06. The SMILES string of the molecule is C/C=C/[C@H]1CC(=O)c2c(O)c(C)c(O)c(C)c2[C@@H]1C(=O)C[C@@H](C)O. The third-order valence-electron chi connectivity index (χ3n) is 4.70. The first-order chi connectivity index (χ1) is 11.2. The van der Waals surface area contributed by atoms with Crippen molar-refractivity contribution < 1.29 is 24.9 Å². The maximum Gasteiger partial charge on any atom is 0.167 e. The molecule has 3 atom stereocenters. The molecule has 0 fully saturated rings. The van der Waals surface area contributed by atoms with Crippen molar-refractivity contribution >= 4 is 11.6 Å². The largest absolute Gasteiger partial charge is 0.507 e. The Labute approximate surface area is 141 Å². The molecular formula is C19H24O5. The number of aliphatic hydroxyl groups excluding tert-OH is 1. The Morgan fingerprint density at radius 3 is 2.42 bits per heavy atom. The summed E-state index contributed by atoms with van der Waals surface area (Å²) in [6.07, 6.45) is 2.87. The van der Waals surface area contributed by atoms with E-state index < -0.39 is 12.0 Å². The van der Waals surface area contributed by atoms with Gasteiger partial charge in [-0.3, -0.25) is 9.59 Å². The zero-order chi connectivity index (χ0) is 18.2. The van der Waals surface area contributed by atoms with E-state index in [2.05, 4.69) is 0 Å². The summed E-state index contributed by atoms with van der Waals surface area (Å²) < 4.78 is 0. The van der Waals surface area contributed by atoms with Crippen molar-refractivity contribution in [3.63, 3.8) is 0 Å². The lowest BCUT2D eigenvalue weighted by atomic mass is 9.69. The highest BCUT2D eigenvalue weighted by atomic mass is 16.3. The molecule has 0 saturated carbocycles. The fourth-order valence-corrected chi connectivity index (χ4v) is 3.59. The second-order valence-electron chi connectivity index (χ2n) is 6.55. The van der Waals surface area contributed by atoms with Crippen LogP contribution in [-0.2, 0) is 4.79 Å². The number of benzene rings is 1. The average molecular weight is 332 g/mol. The predicted molar refractivity (Wildman–Crippen MR) is 90.5 cm³/mol. The summed E-state index contributed by atoms with van der Waals surface area (Å²) in [6.45, 7) is 6.53. The Kier molecular flexibility index (Phi) is 5.13. The molecule has 0 heterocycles. The number of allylic oxidation sites excluding steroid dienone is 2. The molecule has 0 aliphatic heterocycles. The quantitative estimate of drug-likeness (QED) is 0.737. The van der Waals surface area contributed by atoms with Gasteiger partial charge < -0.3 is 15.3 Å². The molecule has 3 N–H and O–H groups in total. The summed E-state index contributed by atoms with van der Waals surface area (Å²) in [7, 11) is 0. The Morgan fingerprint density at radius 1 is 1.25 bits per heavy atom. The molecule has 5 heteroatoms. The van der Waals surface area contributed by atoms with Crippen LogP contribution in [0.25, 0.3) is 0 Å². The van der Waals surface area contributed by atoms with Gasteiger partial charge in [-0.05, 0) is 44.7 Å². The van der Waals surface area contributed by atoms with E-state index in [4.69, 9.17) is 0 Å². The number of Topliss-reactive ketones (excluding diaryl/α,β-unsaturated/α-hetero) is 2. The van der Waals surface area contributed by atoms with Crippen LogP contribution in [0.3, 0.4) is 0 Å². The van der Waals surface area contributed by atoms with E-state index in [1.807, 2.05) is 6.92 Å². The Bertz CT molecular complexity index is 715. The van der Waals surface area contributed by atoms with Crippen molar-refractivity contribution in [2.45, 2.75) is 52.6 Å². The van der Waals surface area contributed by atoms with E-state index >= 15 is 0 Å². The minimum atomic E-state index is -0.794. The zero-order valence-electron chi connectivity index (χ0n) is 14.5. The number of carbonyl (C=O) groups excluding carboxylic acids is 2. The smallest absolute Gasteiger partial charge is 0.167 e. The van der Waals surface area contributed by atoms with Crippen molar-refractivity contribution in [1.29, 1.82) is 0 Å². The maximum atomic E-state index is 12.8. The van der Waals surface area contributed by atoms with Crippen molar-refractivity contribution in [3.05, 3.63) is 34.4 Å². The lowest BCUT2D eigenvalue weighted by Crippen LogP contribution is -2.32. The van der Waals surface area contributed by atoms with Gasteiger partial charge in [0.05, 0.1) is 17.6 Å². The number of hydrogen-bond acceptors (Lipinski definition) is 5. The first-order valence-electron chi connectivity index (χ1n) is 8.12. The molecule has 0 saturated heterocycles. The molecule has 0 bridgehead atoms. The van der Waals surface area contributed by atoms with Crippen LogP contribution in [0.5, 0.6) is 11.5 Å². The molecule has 2 rings (SSSR count). The number of ketones is 2. The standard InChI is InChI=1S/C19H24O5/c1-5-6-12-8-14(22)17-15(16(12)13(21)7-9(2)20)10(3)18(23)11(4)19(17)24/h5-6,9,12,16,20,23-24H,7-8H2,1-4H3/b6-5+/t9-,12+,16+/m1/s1. The summed E-state index contributed by atoms with van der Waals surface area (Å²) in [5.74, 6) is -1.81. The second-order valence-corrected chi connectivity index (χ2v) is 6.55. The van der Waals surface area contributed by atoms with Crippen molar-refractivity contribution in [2.75, 3.05) is 0 Å². The van der Waals surface area contributed by atoms with Crippen LogP contribution < -0.4 is 0 Å². The summed E-state index contributed by atoms with van der Waals surface area (Å²) in [4.78, 5) is 25.3. The Balaban J connectivity index is 2.74. The minimum absolute atomic E-state index is 0.0405. The van der Waals surface area contributed by atoms with E-state index in [-0.39, 0.29) is 53.0 Å². The van der Waals surface area contributed by atoms with Gasteiger partial charge in [-0.2, -0.15) is 0 Å². The Hall–Kier alpha value is -2.14. The van der Waals surface area contributed by atoms with Gasteiger partial charge in [0.25, 0.3) is 0 Å². The third-order valence-corrected chi connectivity index (χ3v) is 4.70. The molecule has 0 unspecified atom stereocenters. The van der Waals surface area contributed by atoms with Crippen molar-refractivity contribution in [1.82, 2.24) is 0 Å². The number of carbonyl (C=O) groups is 2. The second kappa shape index (κ2) is 6.77. The van der Waals surface area contributed by atoms with Crippen LogP contribution in [0.2, 0.25) is 0 Å². The van der Waals surface area contributed by atoms with E-state index in [1.165, 1.54) is 13.8 Å². The van der Waals surface area contributed by atoms with Crippen LogP contribution in [0, 0.1) is 19.8 Å². The molecule has 5 nitrogen and oxygen atoms in total. The number of rotatable bonds is 4. The maximum absolute atomic E-state index is 12.8. The Morgan fingerprint density at radius 2 is 1.88 bits per heavy atom. The molecule has 130 valence electrons. The van der Waals surface area contributed by atoms with Gasteiger partial charge in [-0.15, -0.1) is 0 Å². The summed E-state index contributed by atoms with van der Waals surface area (Å²) in [5.41, 5.74) is 1.20. The number of hydrogen-bond donors (Lipinski definition) is 3. The average Bonchev–Trinajstić information content (AvgIpc) is 2.49. The van der Waals surface area contributed by atoms with Crippen LogP contribution in [0.15, 0.2) is 12.2 Å². The number of aromatic hydroxyl groups is 2. The van der Waals surface area contributed by atoms with E-state index in [1.54, 1.807) is 19.1 Å². The van der Waals surface area contributed by atoms with E-state index in [0.717, 1.165) is 0 Å². The van der Waals surface area contributed by atoms with Crippen molar-refractivity contribution in [3.8, 4) is 11.5 Å². The first-order valence-corrected chi connectivity index (χ1v) is 8.12. The van der Waals surface area contributed by atoms with Gasteiger partial charge >= 0.3 is 0 Å². The van der Waals surface area contributed by atoms with Gasteiger partial charge in [0.1, 0.15) is 17.3 Å². The zero-order valence-corrected chi connectivity index (χ0v) is 14.5. The van der Waals surface area contributed by atoms with Crippen LogP contribution in [-0.4, -0.2) is 33.0 Å². The fourth-order valence-electron chi connectivity index (χ4n) is 3.59. The van der Waals surface area contributed by atoms with Gasteiger partial charge in [0, 0.05) is 18.4 Å². The monoisotopic (exact) mass is 332 g/mol. The number of fused-ring (bicyclic) bond motifs is 1. The lowest BCUT2D eigenvalue weighted by Gasteiger charge is -2.33. The third kappa shape index (κ3) is 2.96. The number of phenolic OH excluding ortho intramolecular Hbond substituents is 2. The molecule has 24 heavy (non-hydrogen) atoms. The molecule has 1 aromatic rings. The lowest BCUT2D eigenvalue weighted by molar-refractivity contribution is -0.123. The topological polar surface area (TPSA) is 94.8 Å². The van der Waals surface area contributed by atoms with E-state index in [9.17, 15) is 24.9 Å². The first kappa shape index (κ1) is 18.2. The summed E-state index contributed by atoms with van der Waals surface area (Å²) >= 11 is 0. The molecule has 0 radical (unpaired) electrons. The van der Waals surface area contributed by atoms with Crippen LogP contribution in [0.4, 0.5) is 0 Å². The van der Waals surface area contributed by atoms with E-state index in [0.29, 0.717) is 11.1 Å². The minimum Gasteiger partial charge on any atom is -0.507 e. The number of aliphatic hydroxyl groups is 1. The normalized spacial score (nSPS) is 21.8. The van der Waals surface area contributed by atoms with Crippen molar-refractivity contribution in [2.24, 2.45) is 5.92 Å². The van der Waals surface area contributed by atoms with Gasteiger partial charge in [-0.1, -0.05) is 12.2 Å². The molecular weight excluding hydrogens is 308 g/mol. The van der Waals surface area contributed by atoms with Gasteiger partial charge in [0.15, 0.2) is 5.78 Å². The molecule has 1 aromatic carbocycles. The molecule has 1 aliphatic carbocycles. The summed E-state index contributed by atoms with van der Waals surface area (Å²) in [6, 6.07) is 0. The molecule has 1 aliphatic rings. The number of phenols is 2. The predicted octanol–water partition coefficient (Wildman–Crippen LogP) is 2.92. The molecule has 0 spiro atoms. The molecule has 0 amide bonds. The fraction of sp³-hybridized carbons (Fsp3) is 0.474. The van der Waals surface area contributed by atoms with Crippen LogP contribution in [0.1, 0.15) is 59.7 Å². The highest BCUT2D eigenvalue weighted by Crippen LogP contribution is 2.47. The van der Waals surface area contributed by atoms with Gasteiger partial charge in [0.2, 0.25) is 0 Å². The summed E-state index contributed by atoms with van der Waals surface area (Å²) in [5, 5.41) is 30.2. The molecule has 0 aromatic heterocycles. The van der Waals surface area contributed by atoms with Gasteiger partial charge in [-0.25, -0.2) is 0 Å².